The molecule has 5 nitrogen and oxygen atoms in total. The van der Waals surface area contributed by atoms with Gasteiger partial charge in [-0.25, -0.2) is 5.43 Å². The van der Waals surface area contributed by atoms with Crippen molar-refractivity contribution in [2.75, 3.05) is 0 Å². The van der Waals surface area contributed by atoms with Crippen molar-refractivity contribution in [1.29, 1.82) is 0 Å². The van der Waals surface area contributed by atoms with Crippen LogP contribution < -0.4 is 11.3 Å². The Morgan fingerprint density at radius 1 is 1.33 bits per heavy atom. The third-order valence-electron chi connectivity index (χ3n) is 4.33. The van der Waals surface area contributed by atoms with Gasteiger partial charge in [-0.1, -0.05) is 19.3 Å². The second kappa shape index (κ2) is 6.45. The number of nitrogens with zero attached hydrogens (tertiary/aromatic N) is 2. The van der Waals surface area contributed by atoms with Gasteiger partial charge >= 0.3 is 0 Å². The fraction of sp³-hybridized carbons (Fsp3) is 0.562. The molecule has 1 aliphatic carbocycles. The van der Waals surface area contributed by atoms with Gasteiger partial charge in [0.05, 0.1) is 17.8 Å². The van der Waals surface area contributed by atoms with Gasteiger partial charge in [-0.2, -0.15) is 5.10 Å². The maximum Gasteiger partial charge on any atom is 0.122 e. The molecule has 0 aliphatic heterocycles. The van der Waals surface area contributed by atoms with Crippen molar-refractivity contribution in [3.05, 3.63) is 41.6 Å². The summed E-state index contributed by atoms with van der Waals surface area (Å²) >= 11 is 0. The van der Waals surface area contributed by atoms with Crippen molar-refractivity contribution in [2.24, 2.45) is 5.84 Å². The number of hydrazine groups is 1. The van der Waals surface area contributed by atoms with Gasteiger partial charge in [0.2, 0.25) is 0 Å². The molecule has 1 atom stereocenters. The van der Waals surface area contributed by atoms with Gasteiger partial charge < -0.3 is 4.42 Å². The van der Waals surface area contributed by atoms with E-state index in [1.54, 1.807) is 0 Å². The molecule has 5 heteroatoms. The van der Waals surface area contributed by atoms with Crippen LogP contribution in [0, 0.1) is 6.92 Å². The molecule has 1 aliphatic rings. The van der Waals surface area contributed by atoms with Gasteiger partial charge in [-0.3, -0.25) is 10.5 Å². The molecule has 0 amide bonds. The Morgan fingerprint density at radius 2 is 2.14 bits per heavy atom. The summed E-state index contributed by atoms with van der Waals surface area (Å²) in [6.07, 6.45) is 9.34. The van der Waals surface area contributed by atoms with Gasteiger partial charge in [0, 0.05) is 12.6 Å². The largest absolute Gasteiger partial charge is 0.465 e. The van der Waals surface area contributed by atoms with E-state index in [0.29, 0.717) is 6.04 Å². The fourth-order valence-electron chi connectivity index (χ4n) is 3.13. The smallest absolute Gasteiger partial charge is 0.122 e. The SMILES string of the molecule is Cc1ccc(C(Cc2ccn(C3CCCCC3)n2)NN)o1. The number of nitrogens with one attached hydrogen (secondary N) is 1. The Hall–Kier alpha value is -1.59. The molecule has 0 saturated heterocycles. The van der Waals surface area contributed by atoms with E-state index < -0.39 is 0 Å². The number of rotatable bonds is 5. The van der Waals surface area contributed by atoms with Gasteiger partial charge in [-0.05, 0) is 38.0 Å². The molecule has 2 heterocycles. The first-order valence-corrected chi connectivity index (χ1v) is 7.83. The molecule has 2 aromatic rings. The average Bonchev–Trinajstić information content (AvgIpc) is 3.15. The third-order valence-corrected chi connectivity index (χ3v) is 4.33. The first-order valence-electron chi connectivity index (χ1n) is 7.83. The molecule has 0 bridgehead atoms. The summed E-state index contributed by atoms with van der Waals surface area (Å²) in [6, 6.07) is 6.56. The lowest BCUT2D eigenvalue weighted by Gasteiger charge is -2.21. The lowest BCUT2D eigenvalue weighted by molar-refractivity contribution is 0.326. The van der Waals surface area contributed by atoms with Crippen LogP contribution in [0.2, 0.25) is 0 Å². The molecule has 1 fully saturated rings. The summed E-state index contributed by atoms with van der Waals surface area (Å²) in [5.74, 6) is 7.43. The molecule has 0 aromatic carbocycles. The van der Waals surface area contributed by atoms with Crippen molar-refractivity contribution in [2.45, 2.75) is 57.5 Å². The molecule has 0 radical (unpaired) electrons. The maximum atomic E-state index is 5.67. The molecule has 114 valence electrons. The number of hydrogen-bond donors (Lipinski definition) is 2. The lowest BCUT2D eigenvalue weighted by Crippen LogP contribution is -2.29. The van der Waals surface area contributed by atoms with E-state index in [4.69, 9.17) is 15.4 Å². The minimum Gasteiger partial charge on any atom is -0.465 e. The normalized spacial score (nSPS) is 18.0. The zero-order chi connectivity index (χ0) is 14.7. The van der Waals surface area contributed by atoms with Crippen LogP contribution >= 0.6 is 0 Å². The van der Waals surface area contributed by atoms with E-state index in [9.17, 15) is 0 Å². The summed E-state index contributed by atoms with van der Waals surface area (Å²) in [5.41, 5.74) is 3.88. The molecular formula is C16H24N4O. The monoisotopic (exact) mass is 288 g/mol. The topological polar surface area (TPSA) is 69.0 Å². The standard InChI is InChI=1S/C16H24N4O/c1-12-7-8-16(21-12)15(18-17)11-13-9-10-20(19-13)14-5-3-2-4-6-14/h7-10,14-15,18H,2-6,11,17H2,1H3. The number of aryl methyl sites for hydroxylation is 1. The zero-order valence-corrected chi connectivity index (χ0v) is 12.6. The first-order chi connectivity index (χ1) is 10.3. The van der Waals surface area contributed by atoms with Crippen LogP contribution in [0.15, 0.2) is 28.8 Å². The molecule has 1 saturated carbocycles. The average molecular weight is 288 g/mol. The van der Waals surface area contributed by atoms with E-state index in [1.165, 1.54) is 32.1 Å². The molecule has 2 aromatic heterocycles. The van der Waals surface area contributed by atoms with Gasteiger partial charge in [-0.15, -0.1) is 0 Å². The van der Waals surface area contributed by atoms with E-state index in [2.05, 4.69) is 22.4 Å². The molecular weight excluding hydrogens is 264 g/mol. The summed E-state index contributed by atoms with van der Waals surface area (Å²) in [7, 11) is 0. The predicted molar refractivity (Wildman–Crippen MR) is 81.6 cm³/mol. The van der Waals surface area contributed by atoms with E-state index in [-0.39, 0.29) is 6.04 Å². The van der Waals surface area contributed by atoms with Crippen LogP contribution in [-0.2, 0) is 6.42 Å². The predicted octanol–water partition coefficient (Wildman–Crippen LogP) is 3.04. The quantitative estimate of drug-likeness (QED) is 0.655. The van der Waals surface area contributed by atoms with Crippen molar-refractivity contribution >= 4 is 0 Å². The zero-order valence-electron chi connectivity index (χ0n) is 12.6. The number of aromatic nitrogens is 2. The highest BCUT2D eigenvalue weighted by atomic mass is 16.3. The van der Waals surface area contributed by atoms with Crippen LogP contribution in [0.1, 0.15) is 61.4 Å². The molecule has 1 unspecified atom stereocenters. The van der Waals surface area contributed by atoms with Crippen molar-refractivity contribution in [3.8, 4) is 0 Å². The van der Waals surface area contributed by atoms with E-state index in [1.807, 2.05) is 19.1 Å². The Kier molecular flexibility index (Phi) is 4.41. The third kappa shape index (κ3) is 3.36. The Labute approximate surface area is 125 Å². The fourth-order valence-corrected chi connectivity index (χ4v) is 3.13. The highest BCUT2D eigenvalue weighted by Crippen LogP contribution is 2.28. The van der Waals surface area contributed by atoms with Crippen molar-refractivity contribution in [3.63, 3.8) is 0 Å². The highest BCUT2D eigenvalue weighted by molar-refractivity contribution is 5.13. The first kappa shape index (κ1) is 14.4. The van der Waals surface area contributed by atoms with Crippen LogP contribution in [0.3, 0.4) is 0 Å². The van der Waals surface area contributed by atoms with Crippen LogP contribution in [-0.4, -0.2) is 9.78 Å². The molecule has 3 N–H and O–H groups in total. The van der Waals surface area contributed by atoms with E-state index >= 15 is 0 Å². The van der Waals surface area contributed by atoms with Crippen LogP contribution in [0.25, 0.3) is 0 Å². The van der Waals surface area contributed by atoms with E-state index in [0.717, 1.165) is 23.6 Å². The second-order valence-electron chi connectivity index (χ2n) is 5.95. The Bertz CT molecular complexity index is 568. The Morgan fingerprint density at radius 3 is 2.81 bits per heavy atom. The Balaban J connectivity index is 1.68. The summed E-state index contributed by atoms with van der Waals surface area (Å²) in [4.78, 5) is 0. The number of furan rings is 1. The summed E-state index contributed by atoms with van der Waals surface area (Å²) in [6.45, 7) is 1.94. The van der Waals surface area contributed by atoms with Crippen molar-refractivity contribution < 1.29 is 4.42 Å². The molecule has 21 heavy (non-hydrogen) atoms. The van der Waals surface area contributed by atoms with Crippen molar-refractivity contribution in [1.82, 2.24) is 15.2 Å². The van der Waals surface area contributed by atoms with Gasteiger partial charge in [0.1, 0.15) is 11.5 Å². The van der Waals surface area contributed by atoms with Crippen LogP contribution in [0.5, 0.6) is 0 Å². The second-order valence-corrected chi connectivity index (χ2v) is 5.95. The number of nitrogens with two attached hydrogens (primary N) is 1. The lowest BCUT2D eigenvalue weighted by atomic mass is 9.96. The minimum atomic E-state index is -0.0339. The molecule has 3 rings (SSSR count). The van der Waals surface area contributed by atoms with Crippen LogP contribution in [0.4, 0.5) is 0 Å². The number of hydrogen-bond acceptors (Lipinski definition) is 4. The minimum absolute atomic E-state index is 0.0339. The maximum absolute atomic E-state index is 5.67. The van der Waals surface area contributed by atoms with Gasteiger partial charge in [0.15, 0.2) is 0 Å². The van der Waals surface area contributed by atoms with Gasteiger partial charge in [0.25, 0.3) is 0 Å². The summed E-state index contributed by atoms with van der Waals surface area (Å²) < 4.78 is 7.79. The highest BCUT2D eigenvalue weighted by Gasteiger charge is 2.19. The summed E-state index contributed by atoms with van der Waals surface area (Å²) in [5, 5.41) is 4.73. The molecule has 0 spiro atoms.